The minimum atomic E-state index is -0.984. The monoisotopic (exact) mass is 509 g/mol. The molecule has 1 aromatic heterocycles. The number of nitrogens with one attached hydrogen (secondary N) is 2. The molecule has 1 heterocycles. The molecule has 184 valence electrons. The molecule has 1 amide bonds. The van der Waals surface area contributed by atoms with Crippen LogP contribution >= 0.6 is 11.6 Å². The number of hydrogen-bond donors (Lipinski definition) is 3. The number of aromatic carboxylic acids is 1. The van der Waals surface area contributed by atoms with E-state index in [2.05, 4.69) is 10.6 Å². The van der Waals surface area contributed by atoms with E-state index in [0.29, 0.717) is 17.1 Å². The van der Waals surface area contributed by atoms with Crippen LogP contribution in [0.15, 0.2) is 103 Å². The number of amides is 1. The molecule has 0 unspecified atom stereocenters. The average Bonchev–Trinajstić information content (AvgIpc) is 3.32. The van der Waals surface area contributed by atoms with Crippen LogP contribution in [0.5, 0.6) is 0 Å². The van der Waals surface area contributed by atoms with Gasteiger partial charge in [0, 0.05) is 41.1 Å². The number of para-hydroxylation sites is 1. The summed E-state index contributed by atoms with van der Waals surface area (Å²) in [6.45, 7) is 0.828. The van der Waals surface area contributed by atoms with Crippen molar-refractivity contribution in [3.63, 3.8) is 0 Å². The fourth-order valence-corrected chi connectivity index (χ4v) is 4.51. The minimum Gasteiger partial charge on any atom is -0.478 e. The highest BCUT2D eigenvalue weighted by Crippen LogP contribution is 2.31. The maximum Gasteiger partial charge on any atom is 0.335 e. The Hall–Kier alpha value is -4.55. The minimum absolute atomic E-state index is 0.206. The lowest BCUT2D eigenvalue weighted by molar-refractivity contribution is 0.0696. The topological polar surface area (TPSA) is 83.4 Å². The molecule has 0 bridgehead atoms. The molecule has 7 heteroatoms. The van der Waals surface area contributed by atoms with Gasteiger partial charge >= 0.3 is 5.97 Å². The van der Waals surface area contributed by atoms with Gasteiger partial charge in [0.05, 0.1) is 16.6 Å². The molecule has 0 aliphatic rings. The summed E-state index contributed by atoms with van der Waals surface area (Å²) in [6, 6.07) is 29.8. The average molecular weight is 510 g/mol. The first-order valence-electron chi connectivity index (χ1n) is 11.8. The fourth-order valence-electron chi connectivity index (χ4n) is 4.30. The summed E-state index contributed by atoms with van der Waals surface area (Å²) < 4.78 is 2.05. The predicted octanol–water partition coefficient (Wildman–Crippen LogP) is 6.71. The van der Waals surface area contributed by atoms with Crippen molar-refractivity contribution in [1.29, 1.82) is 0 Å². The zero-order valence-electron chi connectivity index (χ0n) is 19.8. The summed E-state index contributed by atoms with van der Waals surface area (Å²) in [5.74, 6) is -1.20. The normalized spacial score (nSPS) is 10.8. The molecule has 37 heavy (non-hydrogen) atoms. The van der Waals surface area contributed by atoms with Gasteiger partial charge in [-0.2, -0.15) is 0 Å². The van der Waals surface area contributed by atoms with Crippen LogP contribution in [0.3, 0.4) is 0 Å². The summed E-state index contributed by atoms with van der Waals surface area (Å²) >= 11 is 6.21. The molecule has 0 radical (unpaired) electrons. The zero-order chi connectivity index (χ0) is 25.8. The van der Waals surface area contributed by atoms with Crippen LogP contribution in [0, 0.1) is 0 Å². The number of rotatable bonds is 8. The highest BCUT2D eigenvalue weighted by molar-refractivity contribution is 6.30. The van der Waals surface area contributed by atoms with Gasteiger partial charge in [0.2, 0.25) is 0 Å². The number of halogens is 1. The van der Waals surface area contributed by atoms with Crippen LogP contribution < -0.4 is 10.6 Å². The zero-order valence-corrected chi connectivity index (χ0v) is 20.6. The molecule has 0 aliphatic heterocycles. The first-order valence-corrected chi connectivity index (χ1v) is 12.1. The third-order valence-electron chi connectivity index (χ3n) is 6.12. The van der Waals surface area contributed by atoms with Gasteiger partial charge in [-0.05, 0) is 65.7 Å². The first kappa shape index (κ1) is 24.2. The van der Waals surface area contributed by atoms with Gasteiger partial charge in [0.15, 0.2) is 0 Å². The number of hydrogen-bond acceptors (Lipinski definition) is 3. The third-order valence-corrected chi connectivity index (χ3v) is 6.35. The predicted molar refractivity (Wildman–Crippen MR) is 147 cm³/mol. The lowest BCUT2D eigenvalue weighted by Crippen LogP contribution is -2.23. The van der Waals surface area contributed by atoms with Crippen molar-refractivity contribution in [2.24, 2.45) is 0 Å². The largest absolute Gasteiger partial charge is 0.478 e. The van der Waals surface area contributed by atoms with Crippen molar-refractivity contribution in [2.45, 2.75) is 13.1 Å². The number of aromatic nitrogens is 1. The molecule has 0 aliphatic carbocycles. The van der Waals surface area contributed by atoms with Crippen molar-refractivity contribution < 1.29 is 14.7 Å². The molecule has 5 rings (SSSR count). The van der Waals surface area contributed by atoms with Crippen LogP contribution in [0.2, 0.25) is 5.02 Å². The van der Waals surface area contributed by atoms with Crippen LogP contribution in [-0.2, 0) is 13.1 Å². The third kappa shape index (κ3) is 5.50. The number of carboxylic acids is 1. The van der Waals surface area contributed by atoms with E-state index in [0.717, 1.165) is 33.4 Å². The van der Waals surface area contributed by atoms with Crippen molar-refractivity contribution >= 4 is 45.8 Å². The lowest BCUT2D eigenvalue weighted by atomic mass is 10.1. The van der Waals surface area contributed by atoms with E-state index in [1.807, 2.05) is 83.6 Å². The smallest absolute Gasteiger partial charge is 0.335 e. The molecule has 4 aromatic carbocycles. The number of fused-ring (bicyclic) bond motifs is 1. The second-order valence-electron chi connectivity index (χ2n) is 8.67. The van der Waals surface area contributed by atoms with Gasteiger partial charge in [-0.15, -0.1) is 0 Å². The number of anilines is 2. The Labute approximate surface area is 219 Å². The van der Waals surface area contributed by atoms with E-state index in [1.54, 1.807) is 12.1 Å². The second-order valence-corrected chi connectivity index (χ2v) is 9.11. The highest BCUT2D eigenvalue weighted by Gasteiger charge is 2.17. The van der Waals surface area contributed by atoms with Crippen molar-refractivity contribution in [3.8, 4) is 0 Å². The summed E-state index contributed by atoms with van der Waals surface area (Å²) in [6.07, 6.45) is 1.98. The Morgan fingerprint density at radius 1 is 0.838 bits per heavy atom. The summed E-state index contributed by atoms with van der Waals surface area (Å²) in [7, 11) is 0. The number of carboxylic acid groups (broad SMARTS) is 1. The fraction of sp³-hybridized carbons (Fsp3) is 0.0667. The molecule has 5 aromatic rings. The van der Waals surface area contributed by atoms with Crippen molar-refractivity contribution in [2.75, 3.05) is 5.32 Å². The summed E-state index contributed by atoms with van der Waals surface area (Å²) in [4.78, 5) is 24.5. The molecule has 0 fully saturated rings. The van der Waals surface area contributed by atoms with E-state index in [9.17, 15) is 9.59 Å². The first-order chi connectivity index (χ1) is 18.0. The Morgan fingerprint density at radius 2 is 1.62 bits per heavy atom. The molecule has 0 saturated heterocycles. The maximum absolute atomic E-state index is 13.4. The van der Waals surface area contributed by atoms with E-state index in [1.165, 1.54) is 12.1 Å². The second kappa shape index (κ2) is 10.6. The van der Waals surface area contributed by atoms with E-state index < -0.39 is 5.97 Å². The number of carbonyl (C=O) groups excluding carboxylic acids is 1. The molecule has 0 saturated carbocycles. The Bertz CT molecular complexity index is 1580. The van der Waals surface area contributed by atoms with Gasteiger partial charge in [0.1, 0.15) is 0 Å². The maximum atomic E-state index is 13.4. The summed E-state index contributed by atoms with van der Waals surface area (Å²) in [5.41, 5.74) is 5.24. The van der Waals surface area contributed by atoms with E-state index >= 15 is 0 Å². The van der Waals surface area contributed by atoms with Crippen molar-refractivity contribution in [3.05, 3.63) is 131 Å². The molecule has 0 atom stereocenters. The van der Waals surface area contributed by atoms with Crippen LogP contribution in [-0.4, -0.2) is 21.6 Å². The Balaban J connectivity index is 1.48. The van der Waals surface area contributed by atoms with Crippen molar-refractivity contribution in [1.82, 2.24) is 9.88 Å². The van der Waals surface area contributed by atoms with Crippen LogP contribution in [0.25, 0.3) is 10.9 Å². The Morgan fingerprint density at radius 3 is 2.35 bits per heavy atom. The number of benzene rings is 4. The van der Waals surface area contributed by atoms with Crippen LogP contribution in [0.4, 0.5) is 11.4 Å². The lowest BCUT2D eigenvalue weighted by Gasteiger charge is -2.14. The SMILES string of the molecule is O=C(O)c1ccc(CNC(=O)c2ccc(Nc3ccccc3)c3ccn(Cc4cccc(Cl)c4)c23)cc1. The molecule has 6 nitrogen and oxygen atoms in total. The molecule has 3 N–H and O–H groups in total. The van der Waals surface area contributed by atoms with Gasteiger partial charge in [0.25, 0.3) is 5.91 Å². The van der Waals surface area contributed by atoms with Crippen LogP contribution in [0.1, 0.15) is 31.8 Å². The summed E-state index contributed by atoms with van der Waals surface area (Å²) in [5, 5.41) is 17.1. The molecular weight excluding hydrogens is 486 g/mol. The van der Waals surface area contributed by atoms with Gasteiger partial charge < -0.3 is 20.3 Å². The highest BCUT2D eigenvalue weighted by atomic mass is 35.5. The Kier molecular flexibility index (Phi) is 6.92. The van der Waals surface area contributed by atoms with E-state index in [4.69, 9.17) is 16.7 Å². The molecule has 0 spiro atoms. The standard InChI is InChI=1S/C30H24ClN3O3/c31-23-6-4-5-21(17-23)19-34-16-15-25-27(33-24-7-2-1-3-8-24)14-13-26(28(25)34)29(35)32-18-20-9-11-22(12-10-20)30(36)37/h1-17,33H,18-19H2,(H,32,35)(H,36,37). The van der Waals surface area contributed by atoms with Gasteiger partial charge in [-0.25, -0.2) is 4.79 Å². The quantitative estimate of drug-likeness (QED) is 0.217. The molecular formula is C30H24ClN3O3. The number of carbonyl (C=O) groups is 2. The number of nitrogens with zero attached hydrogens (tertiary/aromatic N) is 1. The van der Waals surface area contributed by atoms with E-state index in [-0.39, 0.29) is 18.0 Å². The van der Waals surface area contributed by atoms with Gasteiger partial charge in [-0.1, -0.05) is 54.1 Å². The van der Waals surface area contributed by atoms with Gasteiger partial charge in [-0.3, -0.25) is 4.79 Å².